The minimum atomic E-state index is 0.146. The van der Waals surface area contributed by atoms with Crippen LogP contribution in [0.5, 0.6) is 0 Å². The molecule has 0 amide bonds. The summed E-state index contributed by atoms with van der Waals surface area (Å²) in [6.45, 7) is 6.70. The summed E-state index contributed by atoms with van der Waals surface area (Å²) in [7, 11) is 0. The molecule has 1 heterocycles. The highest BCUT2D eigenvalue weighted by Gasteiger charge is 2.27. The number of aromatic nitrogens is 2. The van der Waals surface area contributed by atoms with Crippen LogP contribution in [0.15, 0.2) is 12.4 Å². The molecular formula is C12H21N3. The molecule has 0 atom stereocenters. The van der Waals surface area contributed by atoms with Crippen molar-refractivity contribution in [2.45, 2.75) is 58.0 Å². The van der Waals surface area contributed by atoms with E-state index in [1.54, 1.807) is 0 Å². The standard InChI is InChI=1S/C12H21N3/c1-4-7-12(2,3)14-11-13-8-9-15(11)10-5-6-10/h8-10H,4-7H2,1-3H3,(H,13,14). The summed E-state index contributed by atoms with van der Waals surface area (Å²) in [5.74, 6) is 1.04. The van der Waals surface area contributed by atoms with Crippen LogP contribution in [0.2, 0.25) is 0 Å². The summed E-state index contributed by atoms with van der Waals surface area (Å²) in [6, 6.07) is 0.701. The van der Waals surface area contributed by atoms with Gasteiger partial charge in [0.15, 0.2) is 0 Å². The third kappa shape index (κ3) is 2.52. The molecule has 0 spiro atoms. The van der Waals surface area contributed by atoms with Crippen LogP contribution in [0.3, 0.4) is 0 Å². The van der Waals surface area contributed by atoms with E-state index in [9.17, 15) is 0 Å². The van der Waals surface area contributed by atoms with E-state index in [1.165, 1.54) is 25.7 Å². The van der Waals surface area contributed by atoms with Gasteiger partial charge >= 0.3 is 0 Å². The summed E-state index contributed by atoms with van der Waals surface area (Å²) < 4.78 is 2.28. The highest BCUT2D eigenvalue weighted by molar-refractivity contribution is 5.31. The predicted octanol–water partition coefficient (Wildman–Crippen LogP) is 3.21. The Kier molecular flexibility index (Phi) is 2.72. The maximum atomic E-state index is 4.40. The molecule has 15 heavy (non-hydrogen) atoms. The van der Waals surface area contributed by atoms with E-state index >= 15 is 0 Å². The lowest BCUT2D eigenvalue weighted by molar-refractivity contribution is 0.502. The first-order valence-corrected chi connectivity index (χ1v) is 5.93. The van der Waals surface area contributed by atoms with Gasteiger partial charge in [0, 0.05) is 24.0 Å². The zero-order chi connectivity index (χ0) is 10.9. The second kappa shape index (κ2) is 3.87. The molecule has 1 aromatic heterocycles. The van der Waals surface area contributed by atoms with Crippen molar-refractivity contribution in [2.24, 2.45) is 0 Å². The first-order chi connectivity index (χ1) is 7.12. The van der Waals surface area contributed by atoms with Crippen molar-refractivity contribution >= 4 is 5.95 Å². The van der Waals surface area contributed by atoms with E-state index < -0.39 is 0 Å². The number of nitrogens with zero attached hydrogens (tertiary/aromatic N) is 2. The molecule has 1 N–H and O–H groups in total. The third-order valence-electron chi connectivity index (χ3n) is 2.93. The minimum absolute atomic E-state index is 0.146. The number of nitrogens with one attached hydrogen (secondary N) is 1. The summed E-state index contributed by atoms with van der Waals surface area (Å²) in [5, 5.41) is 3.54. The second-order valence-electron chi connectivity index (χ2n) is 5.15. The summed E-state index contributed by atoms with van der Waals surface area (Å²) >= 11 is 0. The smallest absolute Gasteiger partial charge is 0.203 e. The molecule has 1 fully saturated rings. The quantitative estimate of drug-likeness (QED) is 0.803. The van der Waals surface area contributed by atoms with E-state index in [2.05, 4.69) is 41.8 Å². The van der Waals surface area contributed by atoms with E-state index in [0.29, 0.717) is 6.04 Å². The van der Waals surface area contributed by atoms with Gasteiger partial charge in [-0.05, 0) is 33.1 Å². The zero-order valence-electron chi connectivity index (χ0n) is 9.95. The largest absolute Gasteiger partial charge is 0.351 e. The second-order valence-corrected chi connectivity index (χ2v) is 5.15. The molecule has 0 unspecified atom stereocenters. The van der Waals surface area contributed by atoms with Crippen LogP contribution in [-0.2, 0) is 0 Å². The lowest BCUT2D eigenvalue weighted by atomic mass is 9.99. The Hall–Kier alpha value is -0.990. The molecular weight excluding hydrogens is 186 g/mol. The Labute approximate surface area is 91.9 Å². The number of imidazole rings is 1. The van der Waals surface area contributed by atoms with Crippen LogP contribution >= 0.6 is 0 Å². The monoisotopic (exact) mass is 207 g/mol. The van der Waals surface area contributed by atoms with Crippen LogP contribution in [0.4, 0.5) is 5.95 Å². The third-order valence-corrected chi connectivity index (χ3v) is 2.93. The van der Waals surface area contributed by atoms with E-state index in [1.807, 2.05) is 6.20 Å². The van der Waals surface area contributed by atoms with E-state index in [0.717, 1.165) is 5.95 Å². The van der Waals surface area contributed by atoms with Gasteiger partial charge in [0.05, 0.1) is 0 Å². The molecule has 1 aromatic rings. The van der Waals surface area contributed by atoms with Crippen molar-refractivity contribution in [1.82, 2.24) is 9.55 Å². The first-order valence-electron chi connectivity index (χ1n) is 5.93. The molecule has 1 aliphatic rings. The highest BCUT2D eigenvalue weighted by Crippen LogP contribution is 2.37. The molecule has 3 nitrogen and oxygen atoms in total. The topological polar surface area (TPSA) is 29.9 Å². The Morgan fingerprint density at radius 2 is 2.27 bits per heavy atom. The predicted molar refractivity (Wildman–Crippen MR) is 63.1 cm³/mol. The summed E-state index contributed by atoms with van der Waals surface area (Å²) in [6.07, 6.45) is 8.96. The van der Waals surface area contributed by atoms with Gasteiger partial charge in [0.25, 0.3) is 0 Å². The first kappa shape index (κ1) is 10.5. The van der Waals surface area contributed by atoms with Gasteiger partial charge in [-0.25, -0.2) is 4.98 Å². The van der Waals surface area contributed by atoms with Crippen LogP contribution < -0.4 is 5.32 Å². The maximum Gasteiger partial charge on any atom is 0.203 e. The van der Waals surface area contributed by atoms with Crippen molar-refractivity contribution in [2.75, 3.05) is 5.32 Å². The van der Waals surface area contributed by atoms with Crippen LogP contribution in [0.1, 0.15) is 52.5 Å². The molecule has 0 aromatic carbocycles. The van der Waals surface area contributed by atoms with Gasteiger partial charge in [-0.1, -0.05) is 13.3 Å². The van der Waals surface area contributed by atoms with Crippen molar-refractivity contribution in [1.29, 1.82) is 0 Å². The maximum absolute atomic E-state index is 4.40. The molecule has 3 heteroatoms. The fourth-order valence-corrected chi connectivity index (χ4v) is 2.05. The zero-order valence-corrected chi connectivity index (χ0v) is 9.95. The van der Waals surface area contributed by atoms with Crippen LogP contribution in [-0.4, -0.2) is 15.1 Å². The lowest BCUT2D eigenvalue weighted by Crippen LogP contribution is -2.32. The number of hydrogen-bond acceptors (Lipinski definition) is 2. The van der Waals surface area contributed by atoms with Crippen LogP contribution in [0.25, 0.3) is 0 Å². The van der Waals surface area contributed by atoms with Crippen molar-refractivity contribution in [3.05, 3.63) is 12.4 Å². The molecule has 0 saturated heterocycles. The summed E-state index contributed by atoms with van der Waals surface area (Å²) in [4.78, 5) is 4.40. The van der Waals surface area contributed by atoms with Crippen molar-refractivity contribution in [3.8, 4) is 0 Å². The fourth-order valence-electron chi connectivity index (χ4n) is 2.05. The van der Waals surface area contributed by atoms with Gasteiger partial charge < -0.3 is 9.88 Å². The number of anilines is 1. The van der Waals surface area contributed by atoms with Gasteiger partial charge in [-0.2, -0.15) is 0 Å². The van der Waals surface area contributed by atoms with Gasteiger partial charge in [-0.15, -0.1) is 0 Å². The Morgan fingerprint density at radius 3 is 2.87 bits per heavy atom. The van der Waals surface area contributed by atoms with E-state index in [-0.39, 0.29) is 5.54 Å². The Bertz CT molecular complexity index is 323. The minimum Gasteiger partial charge on any atom is -0.351 e. The average Bonchev–Trinajstić information content (AvgIpc) is 2.88. The molecule has 2 rings (SSSR count). The SMILES string of the molecule is CCCC(C)(C)Nc1nccn1C1CC1. The number of hydrogen-bond donors (Lipinski definition) is 1. The number of rotatable bonds is 5. The van der Waals surface area contributed by atoms with Gasteiger partial charge in [0.2, 0.25) is 5.95 Å². The molecule has 1 saturated carbocycles. The van der Waals surface area contributed by atoms with Crippen molar-refractivity contribution < 1.29 is 0 Å². The van der Waals surface area contributed by atoms with Gasteiger partial charge in [-0.3, -0.25) is 0 Å². The van der Waals surface area contributed by atoms with Gasteiger partial charge in [0.1, 0.15) is 0 Å². The molecule has 1 aliphatic carbocycles. The molecule has 0 radical (unpaired) electrons. The molecule has 84 valence electrons. The Morgan fingerprint density at radius 1 is 1.53 bits per heavy atom. The van der Waals surface area contributed by atoms with E-state index in [4.69, 9.17) is 0 Å². The molecule has 0 bridgehead atoms. The fraction of sp³-hybridized carbons (Fsp3) is 0.750. The summed E-state index contributed by atoms with van der Waals surface area (Å²) in [5.41, 5.74) is 0.146. The highest BCUT2D eigenvalue weighted by atomic mass is 15.2. The lowest BCUT2D eigenvalue weighted by Gasteiger charge is -2.26. The normalized spacial score (nSPS) is 16.7. The van der Waals surface area contributed by atoms with Crippen molar-refractivity contribution in [3.63, 3.8) is 0 Å². The Balaban J connectivity index is 2.06. The van der Waals surface area contributed by atoms with Crippen LogP contribution in [0, 0.1) is 0 Å². The molecule has 0 aliphatic heterocycles. The average molecular weight is 207 g/mol.